The van der Waals surface area contributed by atoms with Crippen molar-refractivity contribution in [2.24, 2.45) is 0 Å². The average molecular weight is 300 g/mol. The Morgan fingerprint density at radius 3 is 2.95 bits per heavy atom. The summed E-state index contributed by atoms with van der Waals surface area (Å²) in [5.74, 6) is 5.58. The van der Waals surface area contributed by atoms with Gasteiger partial charge in [-0.25, -0.2) is 4.98 Å². The molecule has 21 heavy (non-hydrogen) atoms. The van der Waals surface area contributed by atoms with Crippen LogP contribution in [0.5, 0.6) is 0 Å². The number of nitrogens with one attached hydrogen (secondary N) is 1. The summed E-state index contributed by atoms with van der Waals surface area (Å²) in [6.07, 6.45) is 0.397. The third-order valence-corrected chi connectivity index (χ3v) is 3.66. The van der Waals surface area contributed by atoms with E-state index in [2.05, 4.69) is 22.1 Å². The van der Waals surface area contributed by atoms with Crippen LogP contribution in [0.1, 0.15) is 33.0 Å². The summed E-state index contributed by atoms with van der Waals surface area (Å²) in [4.78, 5) is 16.5. The van der Waals surface area contributed by atoms with Gasteiger partial charge in [-0.1, -0.05) is 24.0 Å². The molecule has 2 N–H and O–H groups in total. The molecule has 1 heterocycles. The van der Waals surface area contributed by atoms with E-state index in [9.17, 15) is 4.79 Å². The van der Waals surface area contributed by atoms with Crippen LogP contribution < -0.4 is 5.32 Å². The minimum atomic E-state index is -0.170. The highest BCUT2D eigenvalue weighted by Gasteiger charge is 2.10. The van der Waals surface area contributed by atoms with E-state index in [-0.39, 0.29) is 12.5 Å². The molecule has 0 aliphatic heterocycles. The minimum Gasteiger partial charge on any atom is -0.395 e. The molecule has 2 aromatic rings. The fourth-order valence-corrected chi connectivity index (χ4v) is 2.45. The number of hydrogen-bond acceptors (Lipinski definition) is 4. The van der Waals surface area contributed by atoms with Crippen molar-refractivity contribution < 1.29 is 9.90 Å². The molecule has 1 amide bonds. The van der Waals surface area contributed by atoms with Gasteiger partial charge in [-0.05, 0) is 19.1 Å². The largest absolute Gasteiger partial charge is 0.395 e. The maximum atomic E-state index is 12.2. The Kier molecular flexibility index (Phi) is 5.50. The standard InChI is InChI=1S/C16H16N2O2S/c1-12-11-21-15(18-12)10-17-16(20)14-8-3-2-6-13(14)7-4-5-9-19/h2-3,6,8,11,19H,5,9-10H2,1H3,(H,17,20). The SMILES string of the molecule is Cc1csc(CNC(=O)c2ccccc2C#CCCO)n1. The number of benzene rings is 1. The lowest BCUT2D eigenvalue weighted by molar-refractivity contribution is 0.0950. The molecule has 0 fully saturated rings. The van der Waals surface area contributed by atoms with E-state index >= 15 is 0 Å². The highest BCUT2D eigenvalue weighted by Crippen LogP contribution is 2.10. The molecule has 0 unspecified atom stereocenters. The summed E-state index contributed by atoms with van der Waals surface area (Å²) in [7, 11) is 0. The van der Waals surface area contributed by atoms with Crippen molar-refractivity contribution in [2.45, 2.75) is 19.9 Å². The van der Waals surface area contributed by atoms with Crippen LogP contribution in [0.4, 0.5) is 0 Å². The fraction of sp³-hybridized carbons (Fsp3) is 0.250. The molecule has 0 bridgehead atoms. The first kappa shape index (κ1) is 15.2. The van der Waals surface area contributed by atoms with E-state index in [0.29, 0.717) is 24.1 Å². The Morgan fingerprint density at radius 2 is 2.24 bits per heavy atom. The summed E-state index contributed by atoms with van der Waals surface area (Å²) in [6, 6.07) is 7.18. The predicted molar refractivity (Wildman–Crippen MR) is 83.0 cm³/mol. The van der Waals surface area contributed by atoms with Crippen LogP contribution in [0, 0.1) is 18.8 Å². The predicted octanol–water partition coefficient (Wildman–Crippen LogP) is 2.12. The van der Waals surface area contributed by atoms with E-state index in [1.165, 1.54) is 11.3 Å². The molecule has 0 radical (unpaired) electrons. The Morgan fingerprint density at radius 1 is 1.43 bits per heavy atom. The molecule has 2 rings (SSSR count). The number of aryl methyl sites for hydroxylation is 1. The smallest absolute Gasteiger partial charge is 0.252 e. The van der Waals surface area contributed by atoms with Gasteiger partial charge in [0.25, 0.3) is 5.91 Å². The van der Waals surface area contributed by atoms with Crippen LogP contribution >= 0.6 is 11.3 Å². The van der Waals surface area contributed by atoms with Crippen molar-refractivity contribution in [3.8, 4) is 11.8 Å². The van der Waals surface area contributed by atoms with E-state index in [1.807, 2.05) is 18.4 Å². The molecule has 108 valence electrons. The van der Waals surface area contributed by atoms with Crippen molar-refractivity contribution in [2.75, 3.05) is 6.61 Å². The van der Waals surface area contributed by atoms with Gasteiger partial charge in [-0.15, -0.1) is 11.3 Å². The maximum Gasteiger partial charge on any atom is 0.252 e. The summed E-state index contributed by atoms with van der Waals surface area (Å²) in [5, 5.41) is 14.4. The van der Waals surface area contributed by atoms with Gasteiger partial charge in [-0.2, -0.15) is 0 Å². The second-order valence-corrected chi connectivity index (χ2v) is 5.33. The average Bonchev–Trinajstić information content (AvgIpc) is 2.91. The molecule has 5 heteroatoms. The molecular weight excluding hydrogens is 284 g/mol. The van der Waals surface area contributed by atoms with E-state index in [4.69, 9.17) is 5.11 Å². The van der Waals surface area contributed by atoms with Crippen molar-refractivity contribution >= 4 is 17.2 Å². The summed E-state index contributed by atoms with van der Waals surface area (Å²) in [5.41, 5.74) is 2.16. The maximum absolute atomic E-state index is 12.2. The van der Waals surface area contributed by atoms with Gasteiger partial charge >= 0.3 is 0 Å². The first-order valence-corrected chi connectivity index (χ1v) is 7.46. The quantitative estimate of drug-likeness (QED) is 0.850. The highest BCUT2D eigenvalue weighted by atomic mass is 32.1. The van der Waals surface area contributed by atoms with Gasteiger partial charge in [0, 0.05) is 23.1 Å². The lowest BCUT2D eigenvalue weighted by Crippen LogP contribution is -2.23. The third kappa shape index (κ3) is 4.42. The van der Waals surface area contributed by atoms with Crippen LogP contribution in [0.15, 0.2) is 29.6 Å². The van der Waals surface area contributed by atoms with E-state index in [0.717, 1.165) is 10.7 Å². The van der Waals surface area contributed by atoms with Gasteiger partial charge < -0.3 is 10.4 Å². The number of rotatable bonds is 4. The van der Waals surface area contributed by atoms with Crippen molar-refractivity contribution in [1.82, 2.24) is 10.3 Å². The zero-order valence-electron chi connectivity index (χ0n) is 11.7. The number of aromatic nitrogens is 1. The lowest BCUT2D eigenvalue weighted by Gasteiger charge is -2.05. The normalized spacial score (nSPS) is 9.81. The number of hydrogen-bond donors (Lipinski definition) is 2. The number of amides is 1. The van der Waals surface area contributed by atoms with Crippen molar-refractivity contribution in [1.29, 1.82) is 0 Å². The molecule has 0 saturated heterocycles. The van der Waals surface area contributed by atoms with Crippen molar-refractivity contribution in [3.05, 3.63) is 51.5 Å². The van der Waals surface area contributed by atoms with Crippen LogP contribution in [0.25, 0.3) is 0 Å². The van der Waals surface area contributed by atoms with Gasteiger partial charge in [0.05, 0.1) is 18.7 Å². The fourth-order valence-electron chi connectivity index (χ4n) is 1.74. The monoisotopic (exact) mass is 300 g/mol. The molecule has 0 spiro atoms. The summed E-state index contributed by atoms with van der Waals surface area (Å²) < 4.78 is 0. The molecular formula is C16H16N2O2S. The number of aliphatic hydroxyl groups is 1. The second kappa shape index (κ2) is 7.58. The van der Waals surface area contributed by atoms with Crippen LogP contribution in [-0.4, -0.2) is 22.6 Å². The van der Waals surface area contributed by atoms with Crippen LogP contribution in [-0.2, 0) is 6.54 Å². The Hall–Kier alpha value is -2.16. The zero-order valence-corrected chi connectivity index (χ0v) is 12.5. The van der Waals surface area contributed by atoms with Crippen molar-refractivity contribution in [3.63, 3.8) is 0 Å². The molecule has 1 aromatic heterocycles. The number of nitrogens with zero attached hydrogens (tertiary/aromatic N) is 1. The molecule has 1 aromatic carbocycles. The van der Waals surface area contributed by atoms with Crippen LogP contribution in [0.2, 0.25) is 0 Å². The Balaban J connectivity index is 2.07. The molecule has 0 saturated carbocycles. The molecule has 0 aliphatic rings. The highest BCUT2D eigenvalue weighted by molar-refractivity contribution is 7.09. The number of aliphatic hydroxyl groups excluding tert-OH is 1. The molecule has 0 atom stereocenters. The van der Waals surface area contributed by atoms with Gasteiger partial charge in [0.2, 0.25) is 0 Å². The Labute approximate surface area is 127 Å². The lowest BCUT2D eigenvalue weighted by atomic mass is 10.1. The first-order valence-electron chi connectivity index (χ1n) is 6.58. The van der Waals surface area contributed by atoms with Gasteiger partial charge in [-0.3, -0.25) is 4.79 Å². The first-order chi connectivity index (χ1) is 10.2. The summed E-state index contributed by atoms with van der Waals surface area (Å²) in [6.45, 7) is 2.36. The van der Waals surface area contributed by atoms with Crippen LogP contribution in [0.3, 0.4) is 0 Å². The minimum absolute atomic E-state index is 0.0186. The molecule has 4 nitrogen and oxygen atoms in total. The van der Waals surface area contributed by atoms with E-state index in [1.54, 1.807) is 18.2 Å². The topological polar surface area (TPSA) is 62.2 Å². The Bertz CT molecular complexity index is 683. The number of thiazole rings is 1. The van der Waals surface area contributed by atoms with Gasteiger partial charge in [0.1, 0.15) is 5.01 Å². The summed E-state index contributed by atoms with van der Waals surface area (Å²) >= 11 is 1.53. The molecule has 0 aliphatic carbocycles. The van der Waals surface area contributed by atoms with Gasteiger partial charge in [0.15, 0.2) is 0 Å². The number of carbonyl (C=O) groups is 1. The second-order valence-electron chi connectivity index (χ2n) is 4.39. The zero-order chi connectivity index (χ0) is 15.1. The third-order valence-electron chi connectivity index (χ3n) is 2.70. The van der Waals surface area contributed by atoms with E-state index < -0.39 is 0 Å². The number of carbonyl (C=O) groups excluding carboxylic acids is 1.